The second-order valence-corrected chi connectivity index (χ2v) is 7.66. The van der Waals surface area contributed by atoms with Gasteiger partial charge in [0.2, 0.25) is 17.7 Å². The van der Waals surface area contributed by atoms with Crippen LogP contribution in [0.2, 0.25) is 0 Å². The highest BCUT2D eigenvalue weighted by molar-refractivity contribution is 5.63. The molecule has 2 aromatic carbocycles. The van der Waals surface area contributed by atoms with Crippen LogP contribution in [-0.4, -0.2) is 31.6 Å². The third kappa shape index (κ3) is 4.13. The second-order valence-electron chi connectivity index (χ2n) is 7.66. The van der Waals surface area contributed by atoms with E-state index in [1.807, 2.05) is 60.7 Å². The topological polar surface area (TPSA) is 72.5 Å². The fourth-order valence-electron chi connectivity index (χ4n) is 3.79. The summed E-state index contributed by atoms with van der Waals surface area (Å²) in [5.41, 5.74) is 4.63. The summed E-state index contributed by atoms with van der Waals surface area (Å²) in [5, 5.41) is 11.0. The van der Waals surface area contributed by atoms with E-state index in [4.69, 9.17) is 9.72 Å². The molecule has 0 saturated carbocycles. The monoisotopic (exact) mass is 440 g/mol. The molecule has 0 spiro atoms. The number of nitrogens with zero attached hydrogens (tertiary/aromatic N) is 4. The highest BCUT2D eigenvalue weighted by atomic mass is 19.1. The number of imidazole rings is 1. The zero-order valence-electron chi connectivity index (χ0n) is 17.9. The Labute approximate surface area is 190 Å². The Morgan fingerprint density at radius 2 is 1.58 bits per heavy atom. The van der Waals surface area contributed by atoms with Gasteiger partial charge in [-0.15, -0.1) is 0 Å². The van der Waals surface area contributed by atoms with Crippen LogP contribution in [0.25, 0.3) is 16.9 Å². The summed E-state index contributed by atoms with van der Waals surface area (Å²) >= 11 is 0. The number of aromatic hydroxyl groups is 1. The molecule has 5 aromatic rings. The molecule has 0 amide bonds. The third-order valence-electron chi connectivity index (χ3n) is 5.47. The number of benzene rings is 2. The predicted molar refractivity (Wildman–Crippen MR) is 123 cm³/mol. The van der Waals surface area contributed by atoms with Crippen LogP contribution in [0.3, 0.4) is 0 Å². The summed E-state index contributed by atoms with van der Waals surface area (Å²) in [7, 11) is 1.43. The van der Waals surface area contributed by atoms with E-state index in [1.54, 1.807) is 22.7 Å². The number of methoxy groups -OCH3 is 1. The average Bonchev–Trinajstić information content (AvgIpc) is 3.17. The van der Waals surface area contributed by atoms with Crippen LogP contribution in [0.5, 0.6) is 11.8 Å². The standard InChI is InChI=1S/C26H21FN4O2/c1-33-23-13-12-19(24(27)30-23)15-21-26(32)31-16-22(18-10-6-3-7-11-18)28-20(25(31)29-21)14-17-8-4-2-5-9-17/h2-13,16,32H,14-15H2,1H3. The second kappa shape index (κ2) is 8.70. The highest BCUT2D eigenvalue weighted by Crippen LogP contribution is 2.28. The summed E-state index contributed by atoms with van der Waals surface area (Å²) < 4.78 is 21.0. The number of rotatable bonds is 6. The van der Waals surface area contributed by atoms with Gasteiger partial charge in [-0.2, -0.15) is 9.37 Å². The van der Waals surface area contributed by atoms with Crippen molar-refractivity contribution in [2.75, 3.05) is 7.11 Å². The Morgan fingerprint density at radius 1 is 0.848 bits per heavy atom. The molecule has 1 N–H and O–H groups in total. The fourth-order valence-corrected chi connectivity index (χ4v) is 3.79. The molecule has 5 rings (SSSR count). The van der Waals surface area contributed by atoms with E-state index in [0.717, 1.165) is 16.8 Å². The highest BCUT2D eigenvalue weighted by Gasteiger charge is 2.19. The number of halogens is 1. The molecule has 3 heterocycles. The van der Waals surface area contributed by atoms with Crippen LogP contribution in [0.4, 0.5) is 4.39 Å². The lowest BCUT2D eigenvalue weighted by Gasteiger charge is -2.08. The number of hydrogen-bond donors (Lipinski definition) is 1. The first-order valence-electron chi connectivity index (χ1n) is 10.5. The van der Waals surface area contributed by atoms with E-state index in [2.05, 4.69) is 9.97 Å². The predicted octanol–water partition coefficient (Wildman–Crippen LogP) is 4.83. The van der Waals surface area contributed by atoms with E-state index in [1.165, 1.54) is 7.11 Å². The van der Waals surface area contributed by atoms with Crippen molar-refractivity contribution in [3.05, 3.63) is 107 Å². The number of ether oxygens (including phenoxy) is 1. The minimum absolute atomic E-state index is 0.0471. The molecule has 33 heavy (non-hydrogen) atoms. The molecule has 0 aliphatic carbocycles. The van der Waals surface area contributed by atoms with Crippen molar-refractivity contribution in [2.45, 2.75) is 12.8 Å². The minimum Gasteiger partial charge on any atom is -0.493 e. The van der Waals surface area contributed by atoms with Gasteiger partial charge in [-0.1, -0.05) is 60.7 Å². The van der Waals surface area contributed by atoms with Gasteiger partial charge in [0.25, 0.3) is 0 Å². The van der Waals surface area contributed by atoms with Crippen molar-refractivity contribution < 1.29 is 14.2 Å². The van der Waals surface area contributed by atoms with Gasteiger partial charge in [0.1, 0.15) is 5.69 Å². The van der Waals surface area contributed by atoms with Gasteiger partial charge in [0.05, 0.1) is 18.5 Å². The van der Waals surface area contributed by atoms with Crippen LogP contribution in [0.15, 0.2) is 79.0 Å². The SMILES string of the molecule is COc1ccc(Cc2nc3c(Cc4ccccc4)nc(-c4ccccc4)cn3c2O)c(F)n1. The smallest absolute Gasteiger partial charge is 0.219 e. The van der Waals surface area contributed by atoms with E-state index in [9.17, 15) is 9.50 Å². The molecule has 0 aliphatic heterocycles. The maximum Gasteiger partial charge on any atom is 0.219 e. The van der Waals surface area contributed by atoms with Crippen LogP contribution >= 0.6 is 0 Å². The Kier molecular flexibility index (Phi) is 5.44. The van der Waals surface area contributed by atoms with Gasteiger partial charge in [0, 0.05) is 36.2 Å². The lowest BCUT2D eigenvalue weighted by Crippen LogP contribution is -2.00. The first-order chi connectivity index (χ1) is 16.1. The number of hydrogen-bond acceptors (Lipinski definition) is 5. The zero-order chi connectivity index (χ0) is 22.8. The Morgan fingerprint density at radius 3 is 2.27 bits per heavy atom. The molecule has 0 fully saturated rings. The largest absolute Gasteiger partial charge is 0.493 e. The summed E-state index contributed by atoms with van der Waals surface area (Å²) in [5.74, 6) is -0.509. The van der Waals surface area contributed by atoms with Gasteiger partial charge in [-0.25, -0.2) is 9.97 Å². The maximum absolute atomic E-state index is 14.4. The fraction of sp³-hybridized carbons (Fsp3) is 0.115. The van der Waals surface area contributed by atoms with Crippen molar-refractivity contribution in [2.24, 2.45) is 0 Å². The molecular formula is C26H21FN4O2. The summed E-state index contributed by atoms with van der Waals surface area (Å²) in [6.07, 6.45) is 2.38. The molecule has 6 nitrogen and oxygen atoms in total. The van der Waals surface area contributed by atoms with Crippen LogP contribution in [0, 0.1) is 5.95 Å². The molecule has 0 aliphatic rings. The lowest BCUT2D eigenvalue weighted by atomic mass is 10.1. The summed E-state index contributed by atoms with van der Waals surface area (Å²) in [6.45, 7) is 0. The van der Waals surface area contributed by atoms with Crippen LogP contribution in [0.1, 0.15) is 22.5 Å². The van der Waals surface area contributed by atoms with Gasteiger partial charge in [-0.3, -0.25) is 4.40 Å². The average molecular weight is 440 g/mol. The lowest BCUT2D eigenvalue weighted by molar-refractivity contribution is 0.386. The molecule has 7 heteroatoms. The van der Waals surface area contributed by atoms with Crippen molar-refractivity contribution in [3.8, 4) is 23.0 Å². The van der Waals surface area contributed by atoms with Gasteiger partial charge in [0.15, 0.2) is 5.65 Å². The number of aromatic nitrogens is 4. The molecule has 0 radical (unpaired) electrons. The Hall–Kier alpha value is -4.26. The Balaban J connectivity index is 1.62. The molecule has 0 unspecified atom stereocenters. The summed E-state index contributed by atoms with van der Waals surface area (Å²) in [6, 6.07) is 22.9. The molecule has 3 aromatic heterocycles. The Bertz CT molecular complexity index is 1420. The third-order valence-corrected chi connectivity index (χ3v) is 5.47. The van der Waals surface area contributed by atoms with Crippen LogP contribution < -0.4 is 4.74 Å². The summed E-state index contributed by atoms with van der Waals surface area (Å²) in [4.78, 5) is 13.3. The molecule has 0 saturated heterocycles. The van der Waals surface area contributed by atoms with E-state index < -0.39 is 5.95 Å². The minimum atomic E-state index is -0.654. The van der Waals surface area contributed by atoms with E-state index in [0.29, 0.717) is 29.0 Å². The maximum atomic E-state index is 14.4. The number of pyridine rings is 1. The molecular weight excluding hydrogens is 419 g/mol. The van der Waals surface area contributed by atoms with Crippen molar-refractivity contribution in [1.82, 2.24) is 19.4 Å². The first-order valence-corrected chi connectivity index (χ1v) is 10.5. The van der Waals surface area contributed by atoms with Gasteiger partial charge < -0.3 is 9.84 Å². The van der Waals surface area contributed by atoms with Crippen molar-refractivity contribution in [3.63, 3.8) is 0 Å². The number of fused-ring (bicyclic) bond motifs is 1. The first kappa shape index (κ1) is 20.6. The van der Waals surface area contributed by atoms with Gasteiger partial charge >= 0.3 is 0 Å². The van der Waals surface area contributed by atoms with Crippen LogP contribution in [-0.2, 0) is 12.8 Å². The van der Waals surface area contributed by atoms with Crippen molar-refractivity contribution >= 4 is 5.65 Å². The molecule has 0 atom stereocenters. The van der Waals surface area contributed by atoms with E-state index in [-0.39, 0.29) is 18.2 Å². The van der Waals surface area contributed by atoms with Gasteiger partial charge in [-0.05, 0) is 11.6 Å². The van der Waals surface area contributed by atoms with E-state index >= 15 is 0 Å². The zero-order valence-corrected chi connectivity index (χ0v) is 17.9. The van der Waals surface area contributed by atoms with Crippen molar-refractivity contribution in [1.29, 1.82) is 0 Å². The molecule has 164 valence electrons. The molecule has 0 bridgehead atoms. The normalized spacial score (nSPS) is 11.1. The quantitative estimate of drug-likeness (QED) is 0.383.